The number of sulfone groups is 1. The van der Waals surface area contributed by atoms with Crippen molar-refractivity contribution in [2.75, 3.05) is 11.1 Å². The number of anilines is 1. The maximum Gasteiger partial charge on any atom is 0.226 e. The van der Waals surface area contributed by atoms with Crippen LogP contribution in [0.1, 0.15) is 17.7 Å². The van der Waals surface area contributed by atoms with Gasteiger partial charge in [0.25, 0.3) is 0 Å². The van der Waals surface area contributed by atoms with Crippen LogP contribution < -0.4 is 5.32 Å². The van der Waals surface area contributed by atoms with E-state index >= 15 is 0 Å². The molecule has 0 saturated heterocycles. The Morgan fingerprint density at radius 1 is 1.11 bits per heavy atom. The van der Waals surface area contributed by atoms with E-state index in [4.69, 9.17) is 11.6 Å². The molecule has 0 fully saturated rings. The highest BCUT2D eigenvalue weighted by atomic mass is 35.5. The Morgan fingerprint density at radius 2 is 1.79 bits per heavy atom. The fourth-order valence-corrected chi connectivity index (χ4v) is 4.08. The molecule has 0 aliphatic carbocycles. The van der Waals surface area contributed by atoms with E-state index in [1.807, 2.05) is 37.3 Å². The molecule has 28 heavy (non-hydrogen) atoms. The molecule has 0 aliphatic heterocycles. The van der Waals surface area contributed by atoms with Crippen LogP contribution in [0.25, 0.3) is 0 Å². The summed E-state index contributed by atoms with van der Waals surface area (Å²) < 4.78 is 26.4. The van der Waals surface area contributed by atoms with Gasteiger partial charge in [-0.25, -0.2) is 13.1 Å². The number of halogens is 1. The van der Waals surface area contributed by atoms with Crippen LogP contribution in [0.5, 0.6) is 0 Å². The molecule has 0 bridgehead atoms. The van der Waals surface area contributed by atoms with Gasteiger partial charge in [-0.05, 0) is 36.8 Å². The maximum atomic E-state index is 12.4. The molecule has 0 unspecified atom stereocenters. The first-order valence-electron chi connectivity index (χ1n) is 8.70. The predicted molar refractivity (Wildman–Crippen MR) is 109 cm³/mol. The van der Waals surface area contributed by atoms with Gasteiger partial charge in [0.05, 0.1) is 22.9 Å². The number of hydrogen-bond acceptors (Lipinski definition) is 4. The monoisotopic (exact) mass is 417 g/mol. The number of aryl methyl sites for hydroxylation is 1. The summed E-state index contributed by atoms with van der Waals surface area (Å²) in [7, 11) is -3.56. The highest BCUT2D eigenvalue weighted by molar-refractivity contribution is 7.91. The first-order chi connectivity index (χ1) is 13.3. The lowest BCUT2D eigenvalue weighted by molar-refractivity contribution is -0.115. The average Bonchev–Trinajstić information content (AvgIpc) is 3.00. The Morgan fingerprint density at radius 3 is 2.46 bits per heavy atom. The minimum Gasteiger partial charge on any atom is -0.311 e. The van der Waals surface area contributed by atoms with E-state index < -0.39 is 9.84 Å². The van der Waals surface area contributed by atoms with Crippen LogP contribution in [0.4, 0.5) is 5.82 Å². The van der Waals surface area contributed by atoms with Crippen LogP contribution in [-0.2, 0) is 21.2 Å². The SMILES string of the molecule is Cc1cc(NC(=O)CCS(=O)(=O)c2ccc(Cl)cc2)n(Cc2ccccc2)n1. The molecule has 8 heteroatoms. The van der Waals surface area contributed by atoms with E-state index in [0.717, 1.165) is 11.3 Å². The summed E-state index contributed by atoms with van der Waals surface area (Å²) in [6.07, 6.45) is -0.152. The molecular formula is C20H20ClN3O3S. The smallest absolute Gasteiger partial charge is 0.226 e. The van der Waals surface area contributed by atoms with Crippen LogP contribution >= 0.6 is 11.6 Å². The van der Waals surface area contributed by atoms with E-state index in [9.17, 15) is 13.2 Å². The van der Waals surface area contributed by atoms with Crippen LogP contribution in [0.3, 0.4) is 0 Å². The molecule has 0 atom stereocenters. The standard InChI is InChI=1S/C20H20ClN3O3S/c1-15-13-19(24(23-15)14-16-5-3-2-4-6-16)22-20(25)11-12-28(26,27)18-9-7-17(21)8-10-18/h2-10,13H,11-12,14H2,1H3,(H,22,25). The van der Waals surface area contributed by atoms with Gasteiger partial charge < -0.3 is 5.32 Å². The fourth-order valence-electron chi connectivity index (χ4n) is 2.72. The maximum absolute atomic E-state index is 12.4. The molecule has 0 spiro atoms. The molecule has 0 radical (unpaired) electrons. The number of hydrogen-bond donors (Lipinski definition) is 1. The molecule has 0 saturated carbocycles. The Hall–Kier alpha value is -2.64. The van der Waals surface area contributed by atoms with E-state index in [1.165, 1.54) is 24.3 Å². The largest absolute Gasteiger partial charge is 0.311 e. The Kier molecular flexibility index (Phi) is 6.16. The third-order valence-corrected chi connectivity index (χ3v) is 6.10. The van der Waals surface area contributed by atoms with Crippen molar-refractivity contribution in [3.05, 3.63) is 76.9 Å². The van der Waals surface area contributed by atoms with Crippen LogP contribution in [-0.4, -0.2) is 29.9 Å². The molecule has 1 N–H and O–H groups in total. The number of carbonyl (C=O) groups is 1. The third-order valence-electron chi connectivity index (χ3n) is 4.12. The topological polar surface area (TPSA) is 81.1 Å². The number of benzene rings is 2. The molecule has 0 aliphatic rings. The first-order valence-corrected chi connectivity index (χ1v) is 10.7. The van der Waals surface area contributed by atoms with Crippen molar-refractivity contribution in [3.63, 3.8) is 0 Å². The summed E-state index contributed by atoms with van der Waals surface area (Å²) in [5, 5.41) is 7.61. The van der Waals surface area contributed by atoms with Gasteiger partial charge in [0.2, 0.25) is 5.91 Å². The lowest BCUT2D eigenvalue weighted by atomic mass is 10.2. The summed E-state index contributed by atoms with van der Waals surface area (Å²) in [6.45, 7) is 2.34. The summed E-state index contributed by atoms with van der Waals surface area (Å²) in [4.78, 5) is 12.5. The molecule has 146 valence electrons. The van der Waals surface area contributed by atoms with Crippen molar-refractivity contribution in [3.8, 4) is 0 Å². The van der Waals surface area contributed by atoms with Gasteiger partial charge in [-0.2, -0.15) is 5.10 Å². The van der Waals surface area contributed by atoms with Gasteiger partial charge >= 0.3 is 0 Å². The molecule has 3 aromatic rings. The lowest BCUT2D eigenvalue weighted by Gasteiger charge is -2.09. The second kappa shape index (κ2) is 8.58. The molecular weight excluding hydrogens is 398 g/mol. The van der Waals surface area contributed by atoms with Gasteiger partial charge in [0.1, 0.15) is 5.82 Å². The van der Waals surface area contributed by atoms with Crippen molar-refractivity contribution in [2.24, 2.45) is 0 Å². The van der Waals surface area contributed by atoms with E-state index in [0.29, 0.717) is 17.4 Å². The van der Waals surface area contributed by atoms with Gasteiger partial charge in [-0.1, -0.05) is 41.9 Å². The quantitative estimate of drug-likeness (QED) is 0.635. The van der Waals surface area contributed by atoms with Crippen molar-refractivity contribution >= 4 is 33.2 Å². The van der Waals surface area contributed by atoms with Crippen LogP contribution in [0.2, 0.25) is 5.02 Å². The van der Waals surface area contributed by atoms with Crippen molar-refractivity contribution < 1.29 is 13.2 Å². The number of nitrogens with zero attached hydrogens (tertiary/aromatic N) is 2. The Balaban J connectivity index is 1.64. The minimum absolute atomic E-state index is 0.148. The zero-order chi connectivity index (χ0) is 20.1. The Labute approximate surface area is 169 Å². The zero-order valence-corrected chi connectivity index (χ0v) is 16.9. The average molecular weight is 418 g/mol. The Bertz CT molecular complexity index is 1060. The van der Waals surface area contributed by atoms with E-state index in [2.05, 4.69) is 10.4 Å². The van der Waals surface area contributed by atoms with Gasteiger partial charge in [0, 0.05) is 17.5 Å². The number of carbonyl (C=O) groups excluding carboxylic acids is 1. The highest BCUT2D eigenvalue weighted by Crippen LogP contribution is 2.17. The predicted octanol–water partition coefficient (Wildman–Crippen LogP) is 3.70. The number of amides is 1. The summed E-state index contributed by atoms with van der Waals surface area (Å²) >= 11 is 5.79. The summed E-state index contributed by atoms with van der Waals surface area (Å²) in [6, 6.07) is 17.4. The minimum atomic E-state index is -3.56. The summed E-state index contributed by atoms with van der Waals surface area (Å²) in [5.74, 6) is -0.131. The van der Waals surface area contributed by atoms with Crippen LogP contribution in [0, 0.1) is 6.92 Å². The van der Waals surface area contributed by atoms with Crippen LogP contribution in [0.15, 0.2) is 65.6 Å². The fraction of sp³-hybridized carbons (Fsp3) is 0.200. The molecule has 1 heterocycles. The number of rotatable bonds is 7. The molecule has 1 amide bonds. The van der Waals surface area contributed by atoms with E-state index in [-0.39, 0.29) is 23.0 Å². The highest BCUT2D eigenvalue weighted by Gasteiger charge is 2.17. The second-order valence-electron chi connectivity index (χ2n) is 6.39. The van der Waals surface area contributed by atoms with Crippen molar-refractivity contribution in [2.45, 2.75) is 24.8 Å². The summed E-state index contributed by atoms with van der Waals surface area (Å²) in [5.41, 5.74) is 1.81. The number of aromatic nitrogens is 2. The van der Waals surface area contributed by atoms with Gasteiger partial charge in [-0.3, -0.25) is 4.79 Å². The second-order valence-corrected chi connectivity index (χ2v) is 8.93. The first kappa shape index (κ1) is 20.1. The van der Waals surface area contributed by atoms with Gasteiger partial charge in [0.15, 0.2) is 9.84 Å². The zero-order valence-electron chi connectivity index (χ0n) is 15.3. The van der Waals surface area contributed by atoms with Crippen molar-refractivity contribution in [1.82, 2.24) is 9.78 Å². The number of nitrogens with one attached hydrogen (secondary N) is 1. The van der Waals surface area contributed by atoms with Crippen molar-refractivity contribution in [1.29, 1.82) is 0 Å². The molecule has 6 nitrogen and oxygen atoms in total. The molecule has 2 aromatic carbocycles. The molecule has 3 rings (SSSR count). The third kappa shape index (κ3) is 5.21. The normalized spacial score (nSPS) is 11.4. The molecule has 1 aromatic heterocycles. The lowest BCUT2D eigenvalue weighted by Crippen LogP contribution is -2.19. The van der Waals surface area contributed by atoms with E-state index in [1.54, 1.807) is 10.7 Å². The van der Waals surface area contributed by atoms with Gasteiger partial charge in [-0.15, -0.1) is 0 Å².